The lowest BCUT2D eigenvalue weighted by molar-refractivity contribution is -0.114. The molecule has 0 aromatic heterocycles. The van der Waals surface area contributed by atoms with Crippen LogP contribution in [0.2, 0.25) is 5.02 Å². The highest BCUT2D eigenvalue weighted by Crippen LogP contribution is 2.26. The van der Waals surface area contributed by atoms with Crippen molar-refractivity contribution in [2.24, 2.45) is 0 Å². The Kier molecular flexibility index (Phi) is 4.62. The summed E-state index contributed by atoms with van der Waals surface area (Å²) in [5.41, 5.74) is 0.692. The van der Waals surface area contributed by atoms with Gasteiger partial charge in [0.05, 0.1) is 16.4 Å². The van der Waals surface area contributed by atoms with E-state index in [1.54, 1.807) is 0 Å². The molecular formula is C9H10Cl2N2O3S. The van der Waals surface area contributed by atoms with Gasteiger partial charge < -0.3 is 5.32 Å². The number of nitrogens with one attached hydrogen (secondary N) is 2. The van der Waals surface area contributed by atoms with Crippen LogP contribution >= 0.6 is 23.2 Å². The van der Waals surface area contributed by atoms with Crippen molar-refractivity contribution in [3.05, 3.63) is 23.2 Å². The third-order valence-electron chi connectivity index (χ3n) is 1.70. The molecule has 17 heavy (non-hydrogen) atoms. The third kappa shape index (κ3) is 4.41. The molecule has 0 fully saturated rings. The van der Waals surface area contributed by atoms with E-state index in [1.807, 2.05) is 0 Å². The second kappa shape index (κ2) is 5.57. The van der Waals surface area contributed by atoms with Gasteiger partial charge in [-0.05, 0) is 18.2 Å². The Balaban J connectivity index is 2.93. The molecule has 1 rings (SSSR count). The van der Waals surface area contributed by atoms with E-state index >= 15 is 0 Å². The highest BCUT2D eigenvalue weighted by Gasteiger charge is 2.09. The lowest BCUT2D eigenvalue weighted by Crippen LogP contribution is -2.13. The van der Waals surface area contributed by atoms with E-state index in [-0.39, 0.29) is 16.6 Å². The van der Waals surface area contributed by atoms with Crippen molar-refractivity contribution in [3.8, 4) is 0 Å². The molecule has 0 aliphatic carbocycles. The summed E-state index contributed by atoms with van der Waals surface area (Å²) in [5, 5.41) is 2.19. The summed E-state index contributed by atoms with van der Waals surface area (Å²) in [4.78, 5) is 10.8. The molecule has 5 nitrogen and oxygen atoms in total. The van der Waals surface area contributed by atoms with Gasteiger partial charge in [-0.3, -0.25) is 9.52 Å². The first kappa shape index (κ1) is 14.1. The van der Waals surface area contributed by atoms with Gasteiger partial charge in [0.15, 0.2) is 0 Å². The molecule has 0 bridgehead atoms. The number of hydrogen-bond donors (Lipinski definition) is 2. The molecule has 1 aromatic rings. The monoisotopic (exact) mass is 296 g/mol. The van der Waals surface area contributed by atoms with E-state index in [1.165, 1.54) is 25.1 Å². The van der Waals surface area contributed by atoms with Crippen molar-refractivity contribution in [1.82, 2.24) is 0 Å². The minimum atomic E-state index is -3.56. The van der Waals surface area contributed by atoms with Gasteiger partial charge in [-0.2, -0.15) is 0 Å². The maximum absolute atomic E-state index is 11.2. The van der Waals surface area contributed by atoms with Crippen LogP contribution < -0.4 is 10.0 Å². The van der Waals surface area contributed by atoms with Crippen LogP contribution in [0.15, 0.2) is 18.2 Å². The summed E-state index contributed by atoms with van der Waals surface area (Å²) in [7, 11) is -3.56. The van der Waals surface area contributed by atoms with Gasteiger partial charge in [-0.25, -0.2) is 8.42 Å². The molecule has 1 amide bonds. The van der Waals surface area contributed by atoms with Crippen LogP contribution in [0.3, 0.4) is 0 Å². The van der Waals surface area contributed by atoms with Gasteiger partial charge in [-0.1, -0.05) is 11.6 Å². The van der Waals surface area contributed by atoms with Crippen molar-refractivity contribution in [2.45, 2.75) is 6.92 Å². The van der Waals surface area contributed by atoms with Crippen LogP contribution in [0.5, 0.6) is 0 Å². The molecule has 0 unspecified atom stereocenters. The summed E-state index contributed by atoms with van der Waals surface area (Å²) in [6.45, 7) is 1.35. The molecule has 0 heterocycles. The number of alkyl halides is 1. The van der Waals surface area contributed by atoms with Gasteiger partial charge in [0.25, 0.3) is 0 Å². The van der Waals surface area contributed by atoms with E-state index < -0.39 is 15.2 Å². The van der Waals surface area contributed by atoms with Gasteiger partial charge in [0.1, 0.15) is 5.21 Å². The maximum Gasteiger partial charge on any atom is 0.246 e. The van der Waals surface area contributed by atoms with Crippen LogP contribution in [0.1, 0.15) is 6.92 Å². The third-order valence-corrected chi connectivity index (χ3v) is 3.71. The average molecular weight is 297 g/mol. The predicted molar refractivity (Wildman–Crippen MR) is 69.0 cm³/mol. The van der Waals surface area contributed by atoms with Gasteiger partial charge >= 0.3 is 0 Å². The van der Waals surface area contributed by atoms with Gasteiger partial charge in [-0.15, -0.1) is 11.6 Å². The Morgan fingerprint density at radius 1 is 1.41 bits per heavy atom. The van der Waals surface area contributed by atoms with E-state index in [0.717, 1.165) is 0 Å². The summed E-state index contributed by atoms with van der Waals surface area (Å²) in [5.74, 6) is -0.263. The lowest BCUT2D eigenvalue weighted by atomic mass is 10.3. The van der Waals surface area contributed by atoms with Crippen molar-refractivity contribution >= 4 is 50.5 Å². The molecule has 0 aliphatic rings. The molecule has 0 radical (unpaired) electrons. The molecular weight excluding hydrogens is 287 g/mol. The predicted octanol–water partition coefficient (Wildman–Crippen LogP) is 2.24. The standard InChI is InChI=1S/C9H10Cl2N2O3S/c1-6(14)12-9-3-2-7(4-8(9)11)13-17(15,16)5-10/h2-4,13H,5H2,1H3,(H,12,14). The minimum absolute atomic E-state index is 0.231. The fourth-order valence-corrected chi connectivity index (χ4v) is 2.01. The highest BCUT2D eigenvalue weighted by molar-refractivity contribution is 7.93. The second-order valence-corrected chi connectivity index (χ2v) is 5.92. The number of benzene rings is 1. The number of carbonyl (C=O) groups is 1. The molecule has 94 valence electrons. The summed E-state index contributed by atoms with van der Waals surface area (Å²) in [6.07, 6.45) is 0. The molecule has 0 saturated heterocycles. The van der Waals surface area contributed by atoms with Crippen LogP contribution in [-0.2, 0) is 14.8 Å². The first-order chi connectivity index (χ1) is 7.84. The number of rotatable bonds is 4. The first-order valence-corrected chi connectivity index (χ1v) is 7.04. The Labute approximate surface area is 109 Å². The lowest BCUT2D eigenvalue weighted by Gasteiger charge is -2.09. The Morgan fingerprint density at radius 2 is 2.06 bits per heavy atom. The minimum Gasteiger partial charge on any atom is -0.325 e. The van der Waals surface area contributed by atoms with Crippen molar-refractivity contribution in [3.63, 3.8) is 0 Å². The van der Waals surface area contributed by atoms with Crippen LogP contribution in [-0.4, -0.2) is 19.5 Å². The number of carbonyl (C=O) groups excluding carboxylic acids is 1. The molecule has 2 N–H and O–H groups in total. The van der Waals surface area contributed by atoms with E-state index in [4.69, 9.17) is 23.2 Å². The summed E-state index contributed by atoms with van der Waals surface area (Å²) >= 11 is 11.1. The topological polar surface area (TPSA) is 75.3 Å². The van der Waals surface area contributed by atoms with Gasteiger partial charge in [0.2, 0.25) is 15.9 Å². The zero-order valence-electron chi connectivity index (χ0n) is 8.83. The number of halogens is 2. The fraction of sp³-hybridized carbons (Fsp3) is 0.222. The van der Waals surface area contributed by atoms with Crippen molar-refractivity contribution < 1.29 is 13.2 Å². The van der Waals surface area contributed by atoms with Crippen LogP contribution in [0.25, 0.3) is 0 Å². The molecule has 8 heteroatoms. The number of amides is 1. The quantitative estimate of drug-likeness (QED) is 0.837. The van der Waals surface area contributed by atoms with Crippen LogP contribution in [0.4, 0.5) is 11.4 Å². The molecule has 0 spiro atoms. The smallest absolute Gasteiger partial charge is 0.246 e. The Hall–Kier alpha value is -0.980. The number of anilines is 2. The Bertz CT molecular complexity index is 531. The fourth-order valence-electron chi connectivity index (χ4n) is 1.08. The van der Waals surface area contributed by atoms with E-state index in [0.29, 0.717) is 5.69 Å². The number of hydrogen-bond acceptors (Lipinski definition) is 3. The molecule has 1 aromatic carbocycles. The van der Waals surface area contributed by atoms with E-state index in [9.17, 15) is 13.2 Å². The normalized spacial score (nSPS) is 11.0. The first-order valence-electron chi connectivity index (χ1n) is 4.47. The largest absolute Gasteiger partial charge is 0.325 e. The van der Waals surface area contributed by atoms with Crippen molar-refractivity contribution in [2.75, 3.05) is 15.3 Å². The molecule has 0 atom stereocenters. The molecule has 0 saturated carbocycles. The van der Waals surface area contributed by atoms with E-state index in [2.05, 4.69) is 10.0 Å². The molecule has 0 aliphatic heterocycles. The average Bonchev–Trinajstić information content (AvgIpc) is 2.21. The number of sulfonamides is 1. The second-order valence-electron chi connectivity index (χ2n) is 3.20. The Morgan fingerprint density at radius 3 is 2.53 bits per heavy atom. The zero-order valence-corrected chi connectivity index (χ0v) is 11.2. The highest BCUT2D eigenvalue weighted by atomic mass is 35.5. The van der Waals surface area contributed by atoms with Gasteiger partial charge in [0, 0.05) is 6.92 Å². The van der Waals surface area contributed by atoms with Crippen LogP contribution in [0, 0.1) is 0 Å². The zero-order chi connectivity index (χ0) is 13.1. The van der Waals surface area contributed by atoms with Crippen molar-refractivity contribution in [1.29, 1.82) is 0 Å². The maximum atomic E-state index is 11.2. The SMILES string of the molecule is CC(=O)Nc1ccc(NS(=O)(=O)CCl)cc1Cl. The summed E-state index contributed by atoms with van der Waals surface area (Å²) < 4.78 is 24.6. The summed E-state index contributed by atoms with van der Waals surface area (Å²) in [6, 6.07) is 4.36.